The average molecular weight is 238 g/mol. The first kappa shape index (κ1) is 11.8. The van der Waals surface area contributed by atoms with Gasteiger partial charge in [0.1, 0.15) is 24.2 Å². The van der Waals surface area contributed by atoms with E-state index in [0.29, 0.717) is 0 Å². The molecule has 0 spiro atoms. The van der Waals surface area contributed by atoms with Crippen molar-refractivity contribution in [1.82, 2.24) is 9.88 Å². The number of halogens is 1. The molecular weight excluding hydrogens is 223 g/mol. The molecule has 1 aliphatic rings. The molecule has 92 valence electrons. The number of carbonyl (C=O) groups is 1. The van der Waals surface area contributed by atoms with E-state index >= 15 is 0 Å². The van der Waals surface area contributed by atoms with E-state index in [1.807, 2.05) is 13.8 Å². The zero-order chi connectivity index (χ0) is 12.6. The second-order valence-corrected chi connectivity index (χ2v) is 4.41. The summed E-state index contributed by atoms with van der Waals surface area (Å²) in [6.45, 7) is 5.69. The number of cyclic esters (lactones) is 1. The zero-order valence-electron chi connectivity index (χ0n) is 10.1. The van der Waals surface area contributed by atoms with Gasteiger partial charge < -0.3 is 4.74 Å². The Labute approximate surface area is 99.4 Å². The highest BCUT2D eigenvalue weighted by Gasteiger charge is 2.38. The highest BCUT2D eigenvalue weighted by Crippen LogP contribution is 2.30. The lowest BCUT2D eigenvalue weighted by Gasteiger charge is -2.25. The molecule has 17 heavy (non-hydrogen) atoms. The Bertz CT molecular complexity index is 448. The van der Waals surface area contributed by atoms with Gasteiger partial charge in [-0.3, -0.25) is 9.88 Å². The molecule has 1 aromatic heterocycles. The molecule has 0 bridgehead atoms. The summed E-state index contributed by atoms with van der Waals surface area (Å²) in [7, 11) is 0. The van der Waals surface area contributed by atoms with Gasteiger partial charge in [-0.1, -0.05) is 0 Å². The first-order chi connectivity index (χ1) is 8.00. The minimum absolute atomic E-state index is 0.0447. The van der Waals surface area contributed by atoms with Gasteiger partial charge in [0.15, 0.2) is 0 Å². The fourth-order valence-electron chi connectivity index (χ4n) is 2.01. The van der Waals surface area contributed by atoms with Crippen LogP contribution >= 0.6 is 0 Å². The lowest BCUT2D eigenvalue weighted by Crippen LogP contribution is -2.34. The highest BCUT2D eigenvalue weighted by atomic mass is 19.1. The molecular formula is C12H15FN2O2. The van der Waals surface area contributed by atoms with Crippen LogP contribution in [0.4, 0.5) is 9.18 Å². The number of ether oxygens (including phenoxy) is 1. The first-order valence-electron chi connectivity index (χ1n) is 5.59. The molecule has 0 radical (unpaired) electrons. The normalized spacial score (nSPS) is 19.9. The molecule has 1 aromatic rings. The maximum atomic E-state index is 13.7. The third kappa shape index (κ3) is 2.09. The van der Waals surface area contributed by atoms with Crippen LogP contribution in [0.5, 0.6) is 0 Å². The van der Waals surface area contributed by atoms with Crippen molar-refractivity contribution >= 4 is 6.09 Å². The predicted octanol–water partition coefficient (Wildman–Crippen LogP) is 2.43. The first-order valence-corrected chi connectivity index (χ1v) is 5.59. The van der Waals surface area contributed by atoms with Gasteiger partial charge in [-0.15, -0.1) is 0 Å². The Balaban J connectivity index is 2.39. The Morgan fingerprint density at radius 3 is 2.88 bits per heavy atom. The number of carbonyl (C=O) groups excluding carboxylic acids is 1. The molecule has 0 N–H and O–H groups in total. The van der Waals surface area contributed by atoms with Gasteiger partial charge in [-0.05, 0) is 32.9 Å². The molecule has 0 saturated carbocycles. The standard InChI is InChI=1S/C12H15FN2O2/c1-7(2)15-10(6-17-12(15)16)11-9(13)5-4-8(3)14-11/h4-5,7,10H,6H2,1-3H3. The maximum absolute atomic E-state index is 13.7. The summed E-state index contributed by atoms with van der Waals surface area (Å²) in [6, 6.07) is 2.51. The molecule has 1 amide bonds. The molecule has 1 atom stereocenters. The molecule has 1 fully saturated rings. The number of amides is 1. The molecule has 1 aliphatic heterocycles. The van der Waals surface area contributed by atoms with Crippen molar-refractivity contribution in [3.05, 3.63) is 29.3 Å². The van der Waals surface area contributed by atoms with E-state index in [4.69, 9.17) is 4.74 Å². The maximum Gasteiger partial charge on any atom is 0.410 e. The summed E-state index contributed by atoms with van der Waals surface area (Å²) in [6.07, 6.45) is -0.410. The van der Waals surface area contributed by atoms with Crippen LogP contribution in [0, 0.1) is 12.7 Å². The van der Waals surface area contributed by atoms with Crippen LogP contribution in [0.15, 0.2) is 12.1 Å². The monoisotopic (exact) mass is 238 g/mol. The minimum Gasteiger partial charge on any atom is -0.447 e. The Morgan fingerprint density at radius 2 is 2.24 bits per heavy atom. The molecule has 2 heterocycles. The Kier molecular flexibility index (Phi) is 3.00. The lowest BCUT2D eigenvalue weighted by molar-refractivity contribution is 0.149. The van der Waals surface area contributed by atoms with Crippen molar-refractivity contribution < 1.29 is 13.9 Å². The number of rotatable bonds is 2. The molecule has 5 heteroatoms. The van der Waals surface area contributed by atoms with E-state index in [0.717, 1.165) is 5.69 Å². The summed E-state index contributed by atoms with van der Waals surface area (Å²) in [5, 5.41) is 0. The fraction of sp³-hybridized carbons (Fsp3) is 0.500. The van der Waals surface area contributed by atoms with Crippen molar-refractivity contribution in [2.24, 2.45) is 0 Å². The largest absolute Gasteiger partial charge is 0.447 e. The zero-order valence-corrected chi connectivity index (χ0v) is 10.1. The van der Waals surface area contributed by atoms with E-state index in [-0.39, 0.29) is 18.3 Å². The van der Waals surface area contributed by atoms with Crippen molar-refractivity contribution in [3.63, 3.8) is 0 Å². The highest BCUT2D eigenvalue weighted by molar-refractivity contribution is 5.70. The van der Waals surface area contributed by atoms with Gasteiger partial charge in [-0.2, -0.15) is 0 Å². The van der Waals surface area contributed by atoms with E-state index < -0.39 is 18.0 Å². The van der Waals surface area contributed by atoms with Crippen LogP contribution in [-0.2, 0) is 4.74 Å². The molecule has 0 aromatic carbocycles. The summed E-state index contributed by atoms with van der Waals surface area (Å²) in [4.78, 5) is 17.2. The van der Waals surface area contributed by atoms with Gasteiger partial charge in [-0.25, -0.2) is 9.18 Å². The van der Waals surface area contributed by atoms with Crippen molar-refractivity contribution in [1.29, 1.82) is 0 Å². The second kappa shape index (κ2) is 4.31. The van der Waals surface area contributed by atoms with Crippen LogP contribution in [0.3, 0.4) is 0 Å². The van der Waals surface area contributed by atoms with Crippen LogP contribution in [0.2, 0.25) is 0 Å². The molecule has 2 rings (SSSR count). The predicted molar refractivity (Wildman–Crippen MR) is 60.0 cm³/mol. The SMILES string of the molecule is Cc1ccc(F)c(C2COC(=O)N2C(C)C)n1. The summed E-state index contributed by atoms with van der Waals surface area (Å²) in [5.41, 5.74) is 1.01. The Hall–Kier alpha value is -1.65. The van der Waals surface area contributed by atoms with Crippen molar-refractivity contribution in [2.75, 3.05) is 6.61 Å². The summed E-state index contributed by atoms with van der Waals surface area (Å²) < 4.78 is 18.7. The van der Waals surface area contributed by atoms with Gasteiger partial charge in [0.25, 0.3) is 0 Å². The summed E-state index contributed by atoms with van der Waals surface area (Å²) >= 11 is 0. The van der Waals surface area contributed by atoms with Gasteiger partial charge >= 0.3 is 6.09 Å². The number of nitrogens with zero attached hydrogens (tertiary/aromatic N) is 2. The smallest absolute Gasteiger partial charge is 0.410 e. The third-order valence-corrected chi connectivity index (χ3v) is 2.80. The number of hydrogen-bond acceptors (Lipinski definition) is 3. The van der Waals surface area contributed by atoms with Crippen LogP contribution in [0.25, 0.3) is 0 Å². The number of aryl methyl sites for hydroxylation is 1. The van der Waals surface area contributed by atoms with Crippen LogP contribution < -0.4 is 0 Å². The van der Waals surface area contributed by atoms with Crippen LogP contribution in [-0.4, -0.2) is 28.6 Å². The van der Waals surface area contributed by atoms with Crippen molar-refractivity contribution in [2.45, 2.75) is 32.9 Å². The Morgan fingerprint density at radius 1 is 1.53 bits per heavy atom. The number of hydrogen-bond donors (Lipinski definition) is 0. The fourth-order valence-corrected chi connectivity index (χ4v) is 2.01. The molecule has 4 nitrogen and oxygen atoms in total. The lowest BCUT2D eigenvalue weighted by atomic mass is 10.1. The topological polar surface area (TPSA) is 42.4 Å². The minimum atomic E-state index is -0.428. The molecule has 1 saturated heterocycles. The average Bonchev–Trinajstić information content (AvgIpc) is 2.64. The summed E-state index contributed by atoms with van der Waals surface area (Å²) in [5.74, 6) is -0.399. The van der Waals surface area contributed by atoms with Crippen LogP contribution in [0.1, 0.15) is 31.3 Å². The van der Waals surface area contributed by atoms with E-state index in [1.165, 1.54) is 11.0 Å². The van der Waals surface area contributed by atoms with Gasteiger partial charge in [0.2, 0.25) is 0 Å². The second-order valence-electron chi connectivity index (χ2n) is 4.41. The third-order valence-electron chi connectivity index (χ3n) is 2.80. The quantitative estimate of drug-likeness (QED) is 0.794. The molecule has 0 aliphatic carbocycles. The number of aromatic nitrogens is 1. The molecule has 1 unspecified atom stereocenters. The van der Waals surface area contributed by atoms with Crippen molar-refractivity contribution in [3.8, 4) is 0 Å². The van der Waals surface area contributed by atoms with Gasteiger partial charge in [0.05, 0.1) is 0 Å². The van der Waals surface area contributed by atoms with E-state index in [1.54, 1.807) is 13.0 Å². The van der Waals surface area contributed by atoms with Gasteiger partial charge in [0, 0.05) is 11.7 Å². The van der Waals surface area contributed by atoms with E-state index in [9.17, 15) is 9.18 Å². The number of pyridine rings is 1. The van der Waals surface area contributed by atoms with E-state index in [2.05, 4.69) is 4.98 Å².